The molecule has 2 aromatic carbocycles. The number of halogens is 1. The monoisotopic (exact) mass is 410 g/mol. The molecule has 10 heteroatoms. The summed E-state index contributed by atoms with van der Waals surface area (Å²) in [5.74, 6) is -0.602. The molecule has 0 unspecified atom stereocenters. The molecule has 2 heterocycles. The van der Waals surface area contributed by atoms with Gasteiger partial charge in [0.25, 0.3) is 0 Å². The summed E-state index contributed by atoms with van der Waals surface area (Å²) in [5, 5.41) is 11.8. The molecule has 146 valence electrons. The van der Waals surface area contributed by atoms with Gasteiger partial charge in [-0.2, -0.15) is 4.98 Å². The van der Waals surface area contributed by atoms with Gasteiger partial charge in [-0.1, -0.05) is 12.1 Å². The number of aromatic nitrogens is 3. The zero-order valence-electron chi connectivity index (χ0n) is 14.9. The van der Waals surface area contributed by atoms with Crippen LogP contribution in [0, 0.1) is 5.82 Å². The van der Waals surface area contributed by atoms with Crippen LogP contribution in [0.3, 0.4) is 0 Å². The van der Waals surface area contributed by atoms with Crippen LogP contribution in [-0.2, 0) is 10.0 Å². The first kappa shape index (κ1) is 18.7. The smallest absolute Gasteiger partial charge is 0.238 e. The van der Waals surface area contributed by atoms with Crippen molar-refractivity contribution in [2.75, 3.05) is 10.6 Å². The number of hydrogen-bond acceptors (Lipinski definition) is 7. The average molecular weight is 410 g/mol. The Morgan fingerprint density at radius 1 is 0.966 bits per heavy atom. The predicted molar refractivity (Wildman–Crippen MR) is 108 cm³/mol. The Morgan fingerprint density at radius 2 is 1.79 bits per heavy atom. The van der Waals surface area contributed by atoms with E-state index in [0.29, 0.717) is 11.4 Å². The Balaban J connectivity index is 1.65. The van der Waals surface area contributed by atoms with Gasteiger partial charge < -0.3 is 10.6 Å². The van der Waals surface area contributed by atoms with Gasteiger partial charge in [0.2, 0.25) is 16.0 Å². The first-order valence-electron chi connectivity index (χ1n) is 8.43. The van der Waals surface area contributed by atoms with Crippen molar-refractivity contribution in [2.24, 2.45) is 5.14 Å². The molecule has 4 N–H and O–H groups in total. The lowest BCUT2D eigenvalue weighted by atomic mass is 10.2. The van der Waals surface area contributed by atoms with Crippen molar-refractivity contribution in [1.82, 2.24) is 15.0 Å². The Bertz CT molecular complexity index is 1310. The summed E-state index contributed by atoms with van der Waals surface area (Å²) >= 11 is 0. The third-order valence-corrected chi connectivity index (χ3v) is 4.97. The number of nitrogens with two attached hydrogens (primary N) is 1. The van der Waals surface area contributed by atoms with Gasteiger partial charge in [-0.3, -0.25) is 4.98 Å². The fraction of sp³-hybridized carbons (Fsp3) is 0. The highest BCUT2D eigenvalue weighted by molar-refractivity contribution is 7.89. The number of nitrogens with zero attached hydrogens (tertiary/aromatic N) is 3. The second-order valence-electron chi connectivity index (χ2n) is 6.09. The second kappa shape index (κ2) is 7.41. The summed E-state index contributed by atoms with van der Waals surface area (Å²) in [6.07, 6.45) is 2.69. The lowest BCUT2D eigenvalue weighted by molar-refractivity contribution is 0.598. The summed E-state index contributed by atoms with van der Waals surface area (Å²) < 4.78 is 37.3. The van der Waals surface area contributed by atoms with E-state index in [4.69, 9.17) is 5.14 Å². The Hall–Kier alpha value is -3.63. The van der Waals surface area contributed by atoms with Gasteiger partial charge in [-0.15, -0.1) is 0 Å². The quantitative estimate of drug-likeness (QED) is 0.461. The van der Waals surface area contributed by atoms with Crippen molar-refractivity contribution in [3.63, 3.8) is 0 Å². The van der Waals surface area contributed by atoms with Crippen molar-refractivity contribution in [1.29, 1.82) is 0 Å². The molecule has 0 saturated heterocycles. The molecule has 0 saturated carbocycles. The normalized spacial score (nSPS) is 11.4. The minimum atomic E-state index is -3.85. The van der Waals surface area contributed by atoms with Crippen LogP contribution in [-0.4, -0.2) is 23.4 Å². The molecule has 0 aliphatic heterocycles. The van der Waals surface area contributed by atoms with Gasteiger partial charge in [0, 0.05) is 23.0 Å². The third-order valence-electron chi connectivity index (χ3n) is 4.06. The van der Waals surface area contributed by atoms with E-state index in [-0.39, 0.29) is 16.7 Å². The van der Waals surface area contributed by atoms with Gasteiger partial charge >= 0.3 is 0 Å². The van der Waals surface area contributed by atoms with E-state index in [2.05, 4.69) is 25.6 Å². The number of primary sulfonamides is 1. The number of sulfonamides is 1. The van der Waals surface area contributed by atoms with Crippen molar-refractivity contribution < 1.29 is 12.8 Å². The van der Waals surface area contributed by atoms with E-state index >= 15 is 0 Å². The lowest BCUT2D eigenvalue weighted by Crippen LogP contribution is -2.12. The molecule has 0 aliphatic rings. The number of fused-ring (bicyclic) bond motifs is 1. The molecule has 0 atom stereocenters. The van der Waals surface area contributed by atoms with Gasteiger partial charge in [-0.05, 0) is 42.5 Å². The van der Waals surface area contributed by atoms with Gasteiger partial charge in [-0.25, -0.2) is 22.9 Å². The van der Waals surface area contributed by atoms with Crippen LogP contribution in [0.15, 0.2) is 71.9 Å². The summed E-state index contributed by atoms with van der Waals surface area (Å²) in [5.41, 5.74) is 1.78. The van der Waals surface area contributed by atoms with Gasteiger partial charge in [0.05, 0.1) is 16.6 Å². The molecular weight excluding hydrogens is 395 g/mol. The minimum absolute atomic E-state index is 0.0403. The van der Waals surface area contributed by atoms with Gasteiger partial charge in [0.1, 0.15) is 0 Å². The molecule has 29 heavy (non-hydrogen) atoms. The number of benzene rings is 2. The summed E-state index contributed by atoms with van der Waals surface area (Å²) in [4.78, 5) is 12.3. The maximum Gasteiger partial charge on any atom is 0.238 e. The molecular formula is C19H15FN6O2S. The summed E-state index contributed by atoms with van der Waals surface area (Å²) in [6, 6.07) is 14.9. The number of pyridine rings is 1. The van der Waals surface area contributed by atoms with E-state index in [1.165, 1.54) is 18.2 Å². The van der Waals surface area contributed by atoms with Crippen LogP contribution < -0.4 is 15.8 Å². The molecule has 8 nitrogen and oxygen atoms in total. The highest BCUT2D eigenvalue weighted by atomic mass is 32.2. The zero-order valence-corrected chi connectivity index (χ0v) is 15.7. The highest BCUT2D eigenvalue weighted by Crippen LogP contribution is 2.26. The van der Waals surface area contributed by atoms with E-state index in [1.807, 2.05) is 12.1 Å². The number of anilines is 4. The molecule has 0 radical (unpaired) electrons. The fourth-order valence-corrected chi connectivity index (χ4v) is 3.29. The summed E-state index contributed by atoms with van der Waals surface area (Å²) in [7, 11) is -3.85. The van der Waals surface area contributed by atoms with Crippen LogP contribution >= 0.6 is 0 Å². The van der Waals surface area contributed by atoms with Crippen LogP contribution in [0.5, 0.6) is 0 Å². The molecule has 4 aromatic rings. The zero-order chi connectivity index (χ0) is 20.4. The maximum atomic E-state index is 14.3. The van der Waals surface area contributed by atoms with Gasteiger partial charge in [0.15, 0.2) is 11.6 Å². The molecule has 0 bridgehead atoms. The van der Waals surface area contributed by atoms with Crippen LogP contribution in [0.1, 0.15) is 0 Å². The van der Waals surface area contributed by atoms with Crippen molar-refractivity contribution in [2.45, 2.75) is 4.90 Å². The highest BCUT2D eigenvalue weighted by Gasteiger charge is 2.12. The number of rotatable bonds is 5. The predicted octanol–water partition coefficient (Wildman–Crippen LogP) is 3.30. The number of hydrogen-bond donors (Lipinski definition) is 3. The maximum absolute atomic E-state index is 14.3. The Morgan fingerprint density at radius 3 is 2.62 bits per heavy atom. The van der Waals surface area contributed by atoms with Crippen molar-refractivity contribution in [3.8, 4) is 0 Å². The molecule has 0 amide bonds. The summed E-state index contributed by atoms with van der Waals surface area (Å²) in [6.45, 7) is 0. The van der Waals surface area contributed by atoms with E-state index in [9.17, 15) is 12.8 Å². The van der Waals surface area contributed by atoms with Crippen molar-refractivity contribution in [3.05, 3.63) is 72.8 Å². The molecule has 0 spiro atoms. The lowest BCUT2D eigenvalue weighted by Gasteiger charge is -2.11. The Labute approximate surface area is 165 Å². The second-order valence-corrected chi connectivity index (χ2v) is 7.65. The van der Waals surface area contributed by atoms with Crippen LogP contribution in [0.2, 0.25) is 0 Å². The number of nitrogens with one attached hydrogen (secondary N) is 2. The molecule has 0 aliphatic carbocycles. The molecule has 0 fully saturated rings. The molecule has 4 rings (SSSR count). The first-order valence-corrected chi connectivity index (χ1v) is 9.98. The van der Waals surface area contributed by atoms with E-state index in [0.717, 1.165) is 17.1 Å². The SMILES string of the molecule is NS(=O)(=O)c1cccc(Nc2ncc(F)c(Nc3cccc4ncccc34)n2)c1. The van der Waals surface area contributed by atoms with E-state index in [1.54, 1.807) is 30.5 Å². The van der Waals surface area contributed by atoms with Crippen LogP contribution in [0.25, 0.3) is 10.9 Å². The third kappa shape index (κ3) is 4.13. The fourth-order valence-electron chi connectivity index (χ4n) is 2.73. The average Bonchev–Trinajstić information content (AvgIpc) is 2.70. The Kier molecular flexibility index (Phi) is 4.79. The largest absolute Gasteiger partial charge is 0.337 e. The van der Waals surface area contributed by atoms with E-state index < -0.39 is 15.8 Å². The van der Waals surface area contributed by atoms with Crippen molar-refractivity contribution >= 4 is 44.1 Å². The topological polar surface area (TPSA) is 123 Å². The standard InChI is InChI=1S/C19H15FN6O2S/c20-15-11-23-19(24-12-4-1-5-13(10-12)29(21,27)28)26-18(15)25-17-8-2-7-16-14(17)6-3-9-22-16/h1-11H,(H2,21,27,28)(H2,23,24,25,26). The first-order chi connectivity index (χ1) is 13.9. The minimum Gasteiger partial charge on any atom is -0.337 e. The molecule has 2 aromatic heterocycles. The van der Waals surface area contributed by atoms with Crippen LogP contribution in [0.4, 0.5) is 27.5 Å².